The monoisotopic (exact) mass is 272 g/mol. The van der Waals surface area contributed by atoms with Crippen LogP contribution in [0.1, 0.15) is 38.7 Å². The van der Waals surface area contributed by atoms with Crippen LogP contribution < -0.4 is 5.32 Å². The number of nitrogens with zero attached hydrogens (tertiary/aromatic N) is 3. The highest BCUT2D eigenvalue weighted by molar-refractivity contribution is 5.84. The molecule has 1 aromatic rings. The second-order valence-corrected chi connectivity index (χ2v) is 5.25. The molecule has 1 fully saturated rings. The topological polar surface area (TPSA) is 69.0 Å². The van der Waals surface area contributed by atoms with Gasteiger partial charge in [0.1, 0.15) is 17.9 Å². The predicted molar refractivity (Wildman–Crippen MR) is 77.1 cm³/mol. The normalized spacial score (nSPS) is 20.1. The molecule has 1 aromatic heterocycles. The number of hydrogen-bond acceptors (Lipinski definition) is 4. The van der Waals surface area contributed by atoms with Gasteiger partial charge in [-0.2, -0.15) is 5.26 Å². The molecule has 5 heteroatoms. The highest BCUT2D eigenvalue weighted by Gasteiger charge is 2.27. The number of amides is 1. The maximum Gasteiger partial charge on any atom is 0.245 e. The van der Waals surface area contributed by atoms with E-state index in [4.69, 9.17) is 5.26 Å². The number of carbonyl (C=O) groups is 1. The van der Waals surface area contributed by atoms with Gasteiger partial charge < -0.3 is 10.2 Å². The Morgan fingerprint density at radius 2 is 2.40 bits per heavy atom. The van der Waals surface area contributed by atoms with Crippen molar-refractivity contribution in [2.45, 2.75) is 45.2 Å². The first-order chi connectivity index (χ1) is 9.63. The lowest BCUT2D eigenvalue weighted by atomic mass is 10.0. The molecule has 1 N–H and O–H groups in total. The molecular weight excluding hydrogens is 252 g/mol. The standard InChI is InChI=1S/C15H20N4O/c1-11-6-3-4-9-19(11)15(20)12(2)18-14-13(10-16)7-5-8-17-14/h5,7-8,11-12H,3-4,6,9H2,1-2H3,(H,17,18)/t11-,12-/m0/s1. The first-order valence-corrected chi connectivity index (χ1v) is 7.05. The molecule has 2 rings (SSSR count). The van der Waals surface area contributed by atoms with Crippen LogP contribution in [-0.2, 0) is 4.79 Å². The molecule has 0 radical (unpaired) electrons. The van der Waals surface area contributed by atoms with E-state index >= 15 is 0 Å². The Kier molecular flexibility index (Phi) is 4.57. The molecule has 1 aliphatic rings. The number of pyridine rings is 1. The van der Waals surface area contributed by atoms with E-state index in [1.54, 1.807) is 18.3 Å². The zero-order chi connectivity index (χ0) is 14.5. The predicted octanol–water partition coefficient (Wildman–Crippen LogP) is 2.15. The third kappa shape index (κ3) is 3.08. The number of nitrogens with one attached hydrogen (secondary N) is 1. The second-order valence-electron chi connectivity index (χ2n) is 5.25. The van der Waals surface area contributed by atoms with Crippen LogP contribution in [-0.4, -0.2) is 34.4 Å². The summed E-state index contributed by atoms with van der Waals surface area (Å²) in [5.74, 6) is 0.548. The van der Waals surface area contributed by atoms with Crippen LogP contribution in [0.3, 0.4) is 0 Å². The van der Waals surface area contributed by atoms with Crippen molar-refractivity contribution in [2.24, 2.45) is 0 Å². The summed E-state index contributed by atoms with van der Waals surface area (Å²) in [6.45, 7) is 4.73. The Bertz CT molecular complexity index is 523. The molecule has 2 atom stereocenters. The van der Waals surface area contributed by atoms with Crippen molar-refractivity contribution in [3.63, 3.8) is 0 Å². The van der Waals surface area contributed by atoms with Gasteiger partial charge in [0.15, 0.2) is 0 Å². The van der Waals surface area contributed by atoms with E-state index < -0.39 is 0 Å². The third-order valence-corrected chi connectivity index (χ3v) is 3.74. The average Bonchev–Trinajstić information content (AvgIpc) is 2.47. The molecule has 0 bridgehead atoms. The van der Waals surface area contributed by atoms with Gasteiger partial charge in [-0.05, 0) is 45.2 Å². The molecule has 5 nitrogen and oxygen atoms in total. The van der Waals surface area contributed by atoms with Crippen LogP contribution in [0.25, 0.3) is 0 Å². The molecule has 0 aliphatic carbocycles. The van der Waals surface area contributed by atoms with E-state index in [0.717, 1.165) is 19.4 Å². The molecular formula is C15H20N4O. The van der Waals surface area contributed by atoms with Crippen LogP contribution in [0.15, 0.2) is 18.3 Å². The van der Waals surface area contributed by atoms with Crippen LogP contribution in [0.4, 0.5) is 5.82 Å². The van der Waals surface area contributed by atoms with Crippen LogP contribution in [0.2, 0.25) is 0 Å². The molecule has 1 amide bonds. The number of anilines is 1. The quantitative estimate of drug-likeness (QED) is 0.915. The Morgan fingerprint density at radius 1 is 1.60 bits per heavy atom. The summed E-state index contributed by atoms with van der Waals surface area (Å²) in [4.78, 5) is 18.5. The molecule has 0 saturated carbocycles. The number of piperidine rings is 1. The van der Waals surface area contributed by atoms with Gasteiger partial charge in [-0.3, -0.25) is 4.79 Å². The van der Waals surface area contributed by atoms with Crippen LogP contribution in [0.5, 0.6) is 0 Å². The van der Waals surface area contributed by atoms with Crippen molar-refractivity contribution in [1.82, 2.24) is 9.88 Å². The summed E-state index contributed by atoms with van der Waals surface area (Å²) >= 11 is 0. The maximum absolute atomic E-state index is 12.5. The zero-order valence-electron chi connectivity index (χ0n) is 12.0. The molecule has 20 heavy (non-hydrogen) atoms. The van der Waals surface area contributed by atoms with Gasteiger partial charge in [0.05, 0.1) is 5.56 Å². The van der Waals surface area contributed by atoms with Crippen molar-refractivity contribution < 1.29 is 4.79 Å². The summed E-state index contributed by atoms with van der Waals surface area (Å²) in [6.07, 6.45) is 4.93. The van der Waals surface area contributed by atoms with Gasteiger partial charge >= 0.3 is 0 Å². The minimum Gasteiger partial charge on any atom is -0.358 e. The lowest BCUT2D eigenvalue weighted by Crippen LogP contribution is -2.48. The van der Waals surface area contributed by atoms with Gasteiger partial charge in [-0.1, -0.05) is 0 Å². The smallest absolute Gasteiger partial charge is 0.245 e. The number of hydrogen-bond donors (Lipinski definition) is 1. The minimum atomic E-state index is -0.377. The van der Waals surface area contributed by atoms with Crippen molar-refractivity contribution in [3.8, 4) is 6.07 Å². The molecule has 1 aliphatic heterocycles. The number of rotatable bonds is 3. The fraction of sp³-hybridized carbons (Fsp3) is 0.533. The Labute approximate surface area is 119 Å². The lowest BCUT2D eigenvalue weighted by molar-refractivity contribution is -0.134. The molecule has 0 unspecified atom stereocenters. The largest absolute Gasteiger partial charge is 0.358 e. The maximum atomic E-state index is 12.5. The number of aromatic nitrogens is 1. The van der Waals surface area contributed by atoms with E-state index in [1.165, 1.54) is 6.42 Å². The van der Waals surface area contributed by atoms with E-state index in [0.29, 0.717) is 17.4 Å². The summed E-state index contributed by atoms with van der Waals surface area (Å²) in [6, 6.07) is 5.39. The molecule has 0 spiro atoms. The molecule has 2 heterocycles. The van der Waals surface area contributed by atoms with E-state index in [9.17, 15) is 4.79 Å². The molecule has 0 aromatic carbocycles. The number of likely N-dealkylation sites (tertiary alicyclic amines) is 1. The Balaban J connectivity index is 2.06. The number of carbonyl (C=O) groups excluding carboxylic acids is 1. The molecule has 1 saturated heterocycles. The van der Waals surface area contributed by atoms with Crippen molar-refractivity contribution >= 4 is 11.7 Å². The second kappa shape index (κ2) is 6.38. The van der Waals surface area contributed by atoms with E-state index in [1.807, 2.05) is 11.8 Å². The van der Waals surface area contributed by atoms with Crippen molar-refractivity contribution in [2.75, 3.05) is 11.9 Å². The summed E-state index contributed by atoms with van der Waals surface area (Å²) in [5.41, 5.74) is 0.457. The highest BCUT2D eigenvalue weighted by Crippen LogP contribution is 2.19. The average molecular weight is 272 g/mol. The third-order valence-electron chi connectivity index (χ3n) is 3.74. The Hall–Kier alpha value is -2.09. The van der Waals surface area contributed by atoms with E-state index in [-0.39, 0.29) is 11.9 Å². The van der Waals surface area contributed by atoms with E-state index in [2.05, 4.69) is 23.3 Å². The summed E-state index contributed by atoms with van der Waals surface area (Å²) < 4.78 is 0. The van der Waals surface area contributed by atoms with Gasteiger partial charge in [0.25, 0.3) is 0 Å². The fourth-order valence-corrected chi connectivity index (χ4v) is 2.55. The van der Waals surface area contributed by atoms with Gasteiger partial charge in [0.2, 0.25) is 5.91 Å². The SMILES string of the molecule is C[C@H](Nc1ncccc1C#N)C(=O)N1CCCC[C@@H]1C. The van der Waals surface area contributed by atoms with Crippen molar-refractivity contribution in [3.05, 3.63) is 23.9 Å². The first kappa shape index (κ1) is 14.3. The van der Waals surface area contributed by atoms with Gasteiger partial charge in [-0.15, -0.1) is 0 Å². The summed E-state index contributed by atoms with van der Waals surface area (Å²) in [5, 5.41) is 12.1. The van der Waals surface area contributed by atoms with Crippen LogP contribution >= 0.6 is 0 Å². The minimum absolute atomic E-state index is 0.0757. The van der Waals surface area contributed by atoms with Crippen molar-refractivity contribution in [1.29, 1.82) is 5.26 Å². The highest BCUT2D eigenvalue weighted by atomic mass is 16.2. The van der Waals surface area contributed by atoms with Crippen LogP contribution in [0, 0.1) is 11.3 Å². The fourth-order valence-electron chi connectivity index (χ4n) is 2.55. The Morgan fingerprint density at radius 3 is 3.10 bits per heavy atom. The van der Waals surface area contributed by atoms with Gasteiger partial charge in [-0.25, -0.2) is 4.98 Å². The first-order valence-electron chi connectivity index (χ1n) is 7.05. The zero-order valence-corrected chi connectivity index (χ0v) is 12.0. The summed E-state index contributed by atoms with van der Waals surface area (Å²) in [7, 11) is 0. The van der Waals surface area contributed by atoms with Gasteiger partial charge in [0, 0.05) is 18.8 Å². The molecule has 106 valence electrons. The lowest BCUT2D eigenvalue weighted by Gasteiger charge is -2.35. The number of nitriles is 1.